The molecule has 0 aromatic carbocycles. The van der Waals surface area contributed by atoms with Crippen LogP contribution in [-0.4, -0.2) is 53.6 Å². The van der Waals surface area contributed by atoms with Crippen LogP contribution in [0.2, 0.25) is 0 Å². The maximum absolute atomic E-state index is 11.2. The van der Waals surface area contributed by atoms with E-state index in [0.717, 1.165) is 19.5 Å². The molecule has 0 aliphatic carbocycles. The molecule has 0 bridgehead atoms. The van der Waals surface area contributed by atoms with Crippen LogP contribution in [0.15, 0.2) is 18.6 Å². The van der Waals surface area contributed by atoms with E-state index in [4.69, 9.17) is 4.74 Å². The van der Waals surface area contributed by atoms with Crippen molar-refractivity contribution in [1.82, 2.24) is 20.2 Å². The van der Waals surface area contributed by atoms with Gasteiger partial charge in [0, 0.05) is 32.4 Å². The lowest BCUT2D eigenvalue weighted by molar-refractivity contribution is -0.121. The van der Waals surface area contributed by atoms with Crippen molar-refractivity contribution in [3.05, 3.63) is 18.6 Å². The maximum Gasteiger partial charge on any atom is 0.233 e. The quantitative estimate of drug-likeness (QED) is 0.775. The summed E-state index contributed by atoms with van der Waals surface area (Å²) in [6.07, 6.45) is 4.14. The van der Waals surface area contributed by atoms with Crippen LogP contribution in [0.5, 0.6) is 5.88 Å². The van der Waals surface area contributed by atoms with Crippen LogP contribution in [0, 0.1) is 0 Å². The summed E-state index contributed by atoms with van der Waals surface area (Å²) < 4.78 is 5.70. The summed E-state index contributed by atoms with van der Waals surface area (Å²) in [7, 11) is 1.65. The number of nitrogens with zero attached hydrogens (tertiary/aromatic N) is 3. The normalized spacial score (nSPS) is 20.2. The zero-order valence-corrected chi connectivity index (χ0v) is 9.80. The second-order valence-electron chi connectivity index (χ2n) is 3.98. The summed E-state index contributed by atoms with van der Waals surface area (Å²) in [5, 5.41) is 2.61. The second kappa shape index (κ2) is 5.58. The van der Waals surface area contributed by atoms with Crippen molar-refractivity contribution in [2.24, 2.45) is 0 Å². The molecule has 1 saturated heterocycles. The number of ether oxygens (including phenoxy) is 1. The molecule has 1 amide bonds. The molecule has 2 rings (SSSR count). The lowest BCUT2D eigenvalue weighted by atomic mass is 10.3. The van der Waals surface area contributed by atoms with Gasteiger partial charge in [-0.05, 0) is 6.42 Å². The molecule has 0 radical (unpaired) electrons. The van der Waals surface area contributed by atoms with Gasteiger partial charge in [0.05, 0.1) is 6.54 Å². The minimum absolute atomic E-state index is 0.0349. The van der Waals surface area contributed by atoms with Gasteiger partial charge in [0.25, 0.3) is 0 Å². The van der Waals surface area contributed by atoms with E-state index < -0.39 is 0 Å². The summed E-state index contributed by atoms with van der Waals surface area (Å²) in [5.41, 5.74) is 0. The number of hydrogen-bond donors (Lipinski definition) is 1. The van der Waals surface area contributed by atoms with Gasteiger partial charge in [-0.3, -0.25) is 9.69 Å². The predicted molar refractivity (Wildman–Crippen MR) is 61.6 cm³/mol. The highest BCUT2D eigenvalue weighted by Gasteiger charge is 2.25. The molecule has 2 heterocycles. The van der Waals surface area contributed by atoms with Crippen molar-refractivity contribution in [1.29, 1.82) is 0 Å². The Labute approximate surface area is 100 Å². The zero-order chi connectivity index (χ0) is 12.1. The van der Waals surface area contributed by atoms with E-state index in [-0.39, 0.29) is 12.0 Å². The van der Waals surface area contributed by atoms with Gasteiger partial charge < -0.3 is 10.1 Å². The smallest absolute Gasteiger partial charge is 0.233 e. The number of amides is 1. The van der Waals surface area contributed by atoms with Crippen LogP contribution in [0.3, 0.4) is 0 Å². The van der Waals surface area contributed by atoms with Gasteiger partial charge in [-0.2, -0.15) is 0 Å². The molecule has 6 nitrogen and oxygen atoms in total. The molecule has 1 aromatic rings. The van der Waals surface area contributed by atoms with Gasteiger partial charge >= 0.3 is 0 Å². The minimum Gasteiger partial charge on any atom is -0.473 e. The van der Waals surface area contributed by atoms with E-state index in [1.54, 1.807) is 19.3 Å². The topological polar surface area (TPSA) is 67.4 Å². The van der Waals surface area contributed by atoms with Gasteiger partial charge in [0.15, 0.2) is 0 Å². The Kier molecular flexibility index (Phi) is 3.87. The number of rotatable bonds is 4. The molecule has 1 unspecified atom stereocenters. The second-order valence-corrected chi connectivity index (χ2v) is 3.98. The molecular weight excluding hydrogens is 220 g/mol. The van der Waals surface area contributed by atoms with E-state index >= 15 is 0 Å². The Balaban J connectivity index is 1.80. The molecule has 17 heavy (non-hydrogen) atoms. The molecule has 6 heteroatoms. The number of carbonyl (C=O) groups excluding carboxylic acids is 1. The summed E-state index contributed by atoms with van der Waals surface area (Å²) >= 11 is 0. The average molecular weight is 236 g/mol. The van der Waals surface area contributed by atoms with Gasteiger partial charge in [0.2, 0.25) is 11.8 Å². The molecule has 1 aromatic heterocycles. The molecule has 1 aliphatic rings. The van der Waals surface area contributed by atoms with Crippen LogP contribution in [0.4, 0.5) is 0 Å². The number of carbonyl (C=O) groups is 1. The van der Waals surface area contributed by atoms with Crippen molar-refractivity contribution >= 4 is 5.91 Å². The van der Waals surface area contributed by atoms with Crippen molar-refractivity contribution in [3.8, 4) is 5.88 Å². The van der Waals surface area contributed by atoms with E-state index in [1.807, 2.05) is 0 Å². The first-order chi connectivity index (χ1) is 8.28. The third kappa shape index (κ3) is 3.39. The van der Waals surface area contributed by atoms with E-state index in [2.05, 4.69) is 20.2 Å². The Morgan fingerprint density at radius 1 is 1.71 bits per heavy atom. The van der Waals surface area contributed by atoms with Crippen LogP contribution >= 0.6 is 0 Å². The molecule has 92 valence electrons. The maximum atomic E-state index is 11.2. The fourth-order valence-corrected chi connectivity index (χ4v) is 1.84. The number of hydrogen-bond acceptors (Lipinski definition) is 5. The third-order valence-electron chi connectivity index (χ3n) is 2.72. The van der Waals surface area contributed by atoms with Crippen molar-refractivity contribution in [2.45, 2.75) is 12.5 Å². The third-order valence-corrected chi connectivity index (χ3v) is 2.72. The Bertz CT molecular complexity index is 371. The standard InChI is InChI=1S/C11H16N4O2/c1-12-10(16)7-15-5-3-9(6-15)17-11-2-4-13-8-14-11/h2,4,8-9H,3,5-7H2,1H3,(H,12,16). The van der Waals surface area contributed by atoms with Gasteiger partial charge in [-0.1, -0.05) is 0 Å². The average Bonchev–Trinajstić information content (AvgIpc) is 2.77. The van der Waals surface area contributed by atoms with Crippen molar-refractivity contribution < 1.29 is 9.53 Å². The molecule has 0 saturated carbocycles. The predicted octanol–water partition coefficient (Wildman–Crippen LogP) is -0.324. The molecule has 1 aliphatic heterocycles. The van der Waals surface area contributed by atoms with Crippen LogP contribution < -0.4 is 10.1 Å². The first kappa shape index (κ1) is 11.8. The lowest BCUT2D eigenvalue weighted by Crippen LogP contribution is -2.35. The van der Waals surface area contributed by atoms with E-state index in [0.29, 0.717) is 12.4 Å². The fraction of sp³-hybridized carbons (Fsp3) is 0.545. The highest BCUT2D eigenvalue weighted by molar-refractivity contribution is 5.77. The summed E-state index contributed by atoms with van der Waals surface area (Å²) in [4.78, 5) is 21.1. The lowest BCUT2D eigenvalue weighted by Gasteiger charge is -2.15. The molecule has 1 fully saturated rings. The van der Waals surface area contributed by atoms with Gasteiger partial charge in [-0.15, -0.1) is 0 Å². The number of aromatic nitrogens is 2. The summed E-state index contributed by atoms with van der Waals surface area (Å²) in [5.74, 6) is 0.625. The highest BCUT2D eigenvalue weighted by Crippen LogP contribution is 2.15. The van der Waals surface area contributed by atoms with Gasteiger partial charge in [-0.25, -0.2) is 9.97 Å². The Hall–Kier alpha value is -1.69. The molecule has 1 atom stereocenters. The van der Waals surface area contributed by atoms with Crippen molar-refractivity contribution in [2.75, 3.05) is 26.7 Å². The first-order valence-electron chi connectivity index (χ1n) is 5.63. The highest BCUT2D eigenvalue weighted by atomic mass is 16.5. The molecular formula is C11H16N4O2. The van der Waals surface area contributed by atoms with Crippen molar-refractivity contribution in [3.63, 3.8) is 0 Å². The Morgan fingerprint density at radius 3 is 3.29 bits per heavy atom. The Morgan fingerprint density at radius 2 is 2.59 bits per heavy atom. The molecule has 1 N–H and O–H groups in total. The van der Waals surface area contributed by atoms with E-state index in [9.17, 15) is 4.79 Å². The van der Waals surface area contributed by atoms with Crippen LogP contribution in [-0.2, 0) is 4.79 Å². The number of likely N-dealkylation sites (N-methyl/N-ethyl adjacent to an activating group) is 1. The van der Waals surface area contributed by atoms with Gasteiger partial charge in [0.1, 0.15) is 12.4 Å². The number of likely N-dealkylation sites (tertiary alicyclic amines) is 1. The summed E-state index contributed by atoms with van der Waals surface area (Å²) in [6, 6.07) is 1.74. The van der Waals surface area contributed by atoms with Crippen LogP contribution in [0.1, 0.15) is 6.42 Å². The fourth-order valence-electron chi connectivity index (χ4n) is 1.84. The first-order valence-corrected chi connectivity index (χ1v) is 5.63. The monoisotopic (exact) mass is 236 g/mol. The van der Waals surface area contributed by atoms with Crippen LogP contribution in [0.25, 0.3) is 0 Å². The minimum atomic E-state index is 0.0349. The van der Waals surface area contributed by atoms with E-state index in [1.165, 1.54) is 6.33 Å². The SMILES string of the molecule is CNC(=O)CN1CCC(Oc2ccncn2)C1. The molecule has 0 spiro atoms. The summed E-state index contributed by atoms with van der Waals surface area (Å²) in [6.45, 7) is 2.07. The zero-order valence-electron chi connectivity index (χ0n) is 9.80. The number of nitrogens with one attached hydrogen (secondary N) is 1. The largest absolute Gasteiger partial charge is 0.473 e.